The van der Waals surface area contributed by atoms with Crippen LogP contribution in [0.3, 0.4) is 0 Å². The second-order valence-corrected chi connectivity index (χ2v) is 14.2. The van der Waals surface area contributed by atoms with Crippen LogP contribution in [0.5, 0.6) is 0 Å². The van der Waals surface area contributed by atoms with E-state index in [-0.39, 0.29) is 29.3 Å². The van der Waals surface area contributed by atoms with Gasteiger partial charge in [0.2, 0.25) is 5.91 Å². The van der Waals surface area contributed by atoms with Gasteiger partial charge in [0.15, 0.2) is 6.61 Å². The van der Waals surface area contributed by atoms with Crippen LogP contribution >= 0.6 is 0 Å². The van der Waals surface area contributed by atoms with Crippen LogP contribution in [0, 0.1) is 52.8 Å². The Morgan fingerprint density at radius 2 is 1.69 bits per heavy atom. The molecule has 0 spiro atoms. The first kappa shape index (κ1) is 32.1. The molecule has 0 heterocycles. The molecule has 9 heteroatoms. The molecule has 0 radical (unpaired) electrons. The zero-order valence-electron chi connectivity index (χ0n) is 26.0. The summed E-state index contributed by atoms with van der Waals surface area (Å²) in [5.41, 5.74) is 1.09. The van der Waals surface area contributed by atoms with Crippen molar-refractivity contribution >= 4 is 23.5 Å². The van der Waals surface area contributed by atoms with Crippen LogP contribution in [0.25, 0.3) is 0 Å². The smallest absolute Gasteiger partial charge is 0.326 e. The molecule has 42 heavy (non-hydrogen) atoms. The van der Waals surface area contributed by atoms with Gasteiger partial charge in [-0.3, -0.25) is 9.59 Å². The first-order chi connectivity index (χ1) is 19.7. The van der Waals surface area contributed by atoms with Gasteiger partial charge in [-0.1, -0.05) is 58.2 Å². The van der Waals surface area contributed by atoms with Gasteiger partial charge in [0.1, 0.15) is 17.7 Å². The van der Waals surface area contributed by atoms with E-state index in [0.29, 0.717) is 24.2 Å². The number of terminal acetylenes is 1. The van der Waals surface area contributed by atoms with Gasteiger partial charge in [0.05, 0.1) is 5.71 Å². The lowest BCUT2D eigenvalue weighted by Gasteiger charge is -2.58. The molecule has 3 fully saturated rings. The fraction of sp³-hybridized carbons (Fsp3) is 0.758. The number of carbonyl (C=O) groups excluding carboxylic acids is 2. The molecule has 4 N–H and O–H groups in total. The predicted molar refractivity (Wildman–Crippen MR) is 160 cm³/mol. The minimum Gasteiger partial charge on any atom is -0.480 e. The van der Waals surface area contributed by atoms with Crippen molar-refractivity contribution < 1.29 is 29.4 Å². The molecule has 2 amide bonds. The summed E-state index contributed by atoms with van der Waals surface area (Å²) in [6.45, 7) is 11.3. The molecule has 4 aliphatic carbocycles. The number of carboxylic acids is 1. The van der Waals surface area contributed by atoms with Gasteiger partial charge >= 0.3 is 5.97 Å². The Labute approximate surface area is 250 Å². The fourth-order valence-electron chi connectivity index (χ4n) is 8.58. The molecule has 4 aliphatic rings. The van der Waals surface area contributed by atoms with Crippen LogP contribution in [0.4, 0.5) is 0 Å². The van der Waals surface area contributed by atoms with E-state index in [1.165, 1.54) is 5.57 Å². The molecule has 0 aliphatic heterocycles. The van der Waals surface area contributed by atoms with Gasteiger partial charge in [-0.15, -0.1) is 6.42 Å². The Bertz CT molecular complexity index is 1190. The lowest BCUT2D eigenvalue weighted by Crippen LogP contribution is -2.55. The molecule has 232 valence electrons. The SMILES string of the molecule is C#C[C@@]1(O)CC[C@@H]2[C@@H]3CCC4=C/C(=N/OCC(=O)N[C@H](C(=O)N[C@H](C(=O)O)C(C)C)C(C)C)CC[C@]4(C)[C@@H]3CC[C@@]21C. The number of carboxylic acid groups (broad SMARTS) is 1. The van der Waals surface area contributed by atoms with Crippen LogP contribution in [-0.2, 0) is 19.2 Å². The third-order valence-electron chi connectivity index (χ3n) is 11.2. The van der Waals surface area contributed by atoms with E-state index >= 15 is 0 Å². The van der Waals surface area contributed by atoms with E-state index in [4.69, 9.17) is 11.3 Å². The molecule has 0 unspecified atom stereocenters. The van der Waals surface area contributed by atoms with Gasteiger partial charge < -0.3 is 25.7 Å². The number of nitrogens with one attached hydrogen (secondary N) is 2. The third-order valence-corrected chi connectivity index (χ3v) is 11.2. The van der Waals surface area contributed by atoms with Gasteiger partial charge in [0.25, 0.3) is 5.91 Å². The number of carbonyl (C=O) groups is 3. The molecular formula is C33H49N3O6. The van der Waals surface area contributed by atoms with Gasteiger partial charge in [-0.25, -0.2) is 4.79 Å². The molecule has 0 saturated heterocycles. The number of fused-ring (bicyclic) bond motifs is 5. The number of hydrogen-bond donors (Lipinski definition) is 4. The number of allylic oxidation sites excluding steroid dienone is 2. The Hall–Kier alpha value is -2.86. The number of oxime groups is 1. The standard InChI is InChI=1S/C33H49N3O6/c1-8-33(41)16-13-25-23-10-9-21-17-22(11-14-31(21,6)24(23)12-15-32(25,33)7)36-42-18-26(37)34-27(19(2)3)29(38)35-28(20(4)5)30(39)40/h1,17,19-20,23-25,27-28,41H,9-16,18H2,2-7H3,(H,34,37)(H,35,38)(H,39,40)/b36-22+/t23-,24-,25-,27+,28+,31+,32+,33-/m1/s1. The van der Waals surface area contributed by atoms with E-state index in [2.05, 4.69) is 41.6 Å². The monoisotopic (exact) mass is 583 g/mol. The number of aliphatic carboxylic acids is 1. The van der Waals surface area contributed by atoms with Crippen LogP contribution in [0.15, 0.2) is 16.8 Å². The number of rotatable bonds is 9. The predicted octanol–water partition coefficient (Wildman–Crippen LogP) is 4.05. The molecule has 0 bridgehead atoms. The van der Waals surface area contributed by atoms with E-state index in [1.54, 1.807) is 27.7 Å². The van der Waals surface area contributed by atoms with Gasteiger partial charge in [0, 0.05) is 5.41 Å². The minimum absolute atomic E-state index is 0.0825. The Morgan fingerprint density at radius 3 is 2.31 bits per heavy atom. The lowest BCUT2D eigenvalue weighted by atomic mass is 9.46. The first-order valence-corrected chi connectivity index (χ1v) is 15.6. The Kier molecular flexibility index (Phi) is 9.18. The van der Waals surface area contributed by atoms with Crippen LogP contribution < -0.4 is 10.6 Å². The van der Waals surface area contributed by atoms with Crippen molar-refractivity contribution in [3.8, 4) is 12.3 Å². The average molecular weight is 584 g/mol. The zero-order valence-corrected chi connectivity index (χ0v) is 26.0. The highest BCUT2D eigenvalue weighted by molar-refractivity contribution is 5.96. The second kappa shape index (κ2) is 12.0. The zero-order chi connectivity index (χ0) is 31.0. The average Bonchev–Trinajstić information content (AvgIpc) is 3.20. The topological polar surface area (TPSA) is 137 Å². The number of amides is 2. The molecular weight excluding hydrogens is 534 g/mol. The maximum Gasteiger partial charge on any atom is 0.326 e. The van der Waals surface area contributed by atoms with E-state index in [1.807, 2.05) is 0 Å². The highest BCUT2D eigenvalue weighted by Gasteiger charge is 2.63. The molecule has 0 aromatic heterocycles. The summed E-state index contributed by atoms with van der Waals surface area (Å²) in [4.78, 5) is 42.3. The largest absolute Gasteiger partial charge is 0.480 e. The number of hydrogen-bond acceptors (Lipinski definition) is 6. The van der Waals surface area contributed by atoms with Crippen molar-refractivity contribution in [3.63, 3.8) is 0 Å². The summed E-state index contributed by atoms with van der Waals surface area (Å²) < 4.78 is 0. The maximum atomic E-state index is 12.8. The van der Waals surface area contributed by atoms with Gasteiger partial charge in [-0.2, -0.15) is 0 Å². The summed E-state index contributed by atoms with van der Waals surface area (Å²) in [6.07, 6.45) is 15.5. The maximum absolute atomic E-state index is 12.8. The summed E-state index contributed by atoms with van der Waals surface area (Å²) >= 11 is 0. The van der Waals surface area contributed by atoms with E-state index in [9.17, 15) is 24.6 Å². The van der Waals surface area contributed by atoms with Crippen molar-refractivity contribution in [2.45, 2.75) is 111 Å². The van der Waals surface area contributed by atoms with Crippen molar-refractivity contribution in [1.82, 2.24) is 10.6 Å². The van der Waals surface area contributed by atoms with Crippen molar-refractivity contribution in [3.05, 3.63) is 11.6 Å². The Morgan fingerprint density at radius 1 is 1.02 bits per heavy atom. The highest BCUT2D eigenvalue weighted by Crippen LogP contribution is 2.67. The van der Waals surface area contributed by atoms with Crippen molar-refractivity contribution in [1.29, 1.82) is 0 Å². The quantitative estimate of drug-likeness (QED) is 0.239. The van der Waals surface area contributed by atoms with Crippen molar-refractivity contribution in [2.75, 3.05) is 6.61 Å². The van der Waals surface area contributed by atoms with E-state index in [0.717, 1.165) is 50.7 Å². The van der Waals surface area contributed by atoms with Gasteiger partial charge in [-0.05, 0) is 92.4 Å². The fourth-order valence-corrected chi connectivity index (χ4v) is 8.58. The van der Waals surface area contributed by atoms with Crippen molar-refractivity contribution in [2.24, 2.45) is 45.6 Å². The molecule has 8 atom stereocenters. The summed E-state index contributed by atoms with van der Waals surface area (Å²) in [7, 11) is 0. The molecule has 0 aromatic carbocycles. The summed E-state index contributed by atoms with van der Waals surface area (Å²) in [5, 5.41) is 30.1. The first-order valence-electron chi connectivity index (χ1n) is 15.6. The number of aliphatic hydroxyl groups is 1. The summed E-state index contributed by atoms with van der Waals surface area (Å²) in [5.74, 6) is 1.62. The van der Waals surface area contributed by atoms with Crippen LogP contribution in [0.1, 0.15) is 92.9 Å². The highest BCUT2D eigenvalue weighted by atomic mass is 16.6. The molecule has 0 aromatic rings. The summed E-state index contributed by atoms with van der Waals surface area (Å²) in [6, 6.07) is -1.93. The molecule has 3 saturated carbocycles. The molecule has 4 rings (SSSR count). The number of nitrogens with zero attached hydrogens (tertiary/aromatic N) is 1. The lowest BCUT2D eigenvalue weighted by molar-refractivity contribution is -0.143. The Balaban J connectivity index is 1.36. The van der Waals surface area contributed by atoms with Crippen LogP contribution in [-0.4, -0.2) is 58.0 Å². The normalized spacial score (nSPS) is 36.1. The van der Waals surface area contributed by atoms with E-state index < -0.39 is 35.5 Å². The van der Waals surface area contributed by atoms with Crippen LogP contribution in [0.2, 0.25) is 0 Å². The third kappa shape index (κ3) is 5.71. The minimum atomic E-state index is -1.12. The molecule has 9 nitrogen and oxygen atoms in total. The second-order valence-electron chi connectivity index (χ2n) is 14.2.